The molecule has 3 rings (SSSR count). The van der Waals surface area contributed by atoms with E-state index in [1.807, 2.05) is 6.07 Å². The Balaban J connectivity index is 0.00000176. The average Bonchev–Trinajstić information content (AvgIpc) is 3.19. The first-order chi connectivity index (χ1) is 10.1. The lowest BCUT2D eigenvalue weighted by molar-refractivity contribution is 0.234. The summed E-state index contributed by atoms with van der Waals surface area (Å²) in [5.41, 5.74) is 0. The van der Waals surface area contributed by atoms with Crippen molar-refractivity contribution >= 4 is 33.8 Å². The van der Waals surface area contributed by atoms with Crippen LogP contribution in [0.4, 0.5) is 0 Å². The van der Waals surface area contributed by atoms with Crippen LogP contribution in [0.1, 0.15) is 37.5 Å². The molecule has 1 N–H and O–H groups in total. The molecular formula is C15H25ClN2O2S2. The van der Waals surface area contributed by atoms with Crippen molar-refractivity contribution in [2.24, 2.45) is 5.92 Å². The molecule has 0 amide bonds. The van der Waals surface area contributed by atoms with Gasteiger partial charge in [-0.1, -0.05) is 6.92 Å². The van der Waals surface area contributed by atoms with E-state index in [1.54, 1.807) is 10.4 Å². The van der Waals surface area contributed by atoms with E-state index >= 15 is 0 Å². The Morgan fingerprint density at radius 1 is 1.27 bits per heavy atom. The second-order valence-electron chi connectivity index (χ2n) is 6.02. The number of nitrogens with one attached hydrogen (secondary N) is 1. The molecule has 2 saturated heterocycles. The van der Waals surface area contributed by atoms with E-state index in [1.165, 1.54) is 24.2 Å². The molecule has 0 aliphatic carbocycles. The summed E-state index contributed by atoms with van der Waals surface area (Å²) in [7, 11) is -3.27. The van der Waals surface area contributed by atoms with E-state index in [4.69, 9.17) is 0 Å². The van der Waals surface area contributed by atoms with Crippen LogP contribution < -0.4 is 5.32 Å². The number of rotatable bonds is 4. The summed E-state index contributed by atoms with van der Waals surface area (Å²) in [4.78, 5) is 1.14. The van der Waals surface area contributed by atoms with Gasteiger partial charge in [-0.15, -0.1) is 23.7 Å². The zero-order valence-electron chi connectivity index (χ0n) is 13.0. The topological polar surface area (TPSA) is 49.4 Å². The van der Waals surface area contributed by atoms with E-state index in [-0.39, 0.29) is 12.4 Å². The highest BCUT2D eigenvalue weighted by molar-refractivity contribution is 7.91. The molecule has 1 atom stereocenters. The van der Waals surface area contributed by atoms with Gasteiger partial charge in [0.1, 0.15) is 4.21 Å². The lowest BCUT2D eigenvalue weighted by atomic mass is 9.89. The van der Waals surface area contributed by atoms with Crippen LogP contribution in [0.25, 0.3) is 0 Å². The number of aryl methyl sites for hydroxylation is 1. The summed E-state index contributed by atoms with van der Waals surface area (Å²) in [5, 5.41) is 3.56. The van der Waals surface area contributed by atoms with Crippen molar-refractivity contribution in [3.05, 3.63) is 17.0 Å². The molecular weight excluding hydrogens is 340 g/mol. The van der Waals surface area contributed by atoms with Gasteiger partial charge in [0.05, 0.1) is 0 Å². The molecule has 2 aliphatic heterocycles. The Morgan fingerprint density at radius 3 is 2.55 bits per heavy atom. The first-order valence-corrected chi connectivity index (χ1v) is 10.2. The monoisotopic (exact) mass is 364 g/mol. The van der Waals surface area contributed by atoms with Gasteiger partial charge < -0.3 is 5.32 Å². The minimum absolute atomic E-state index is 0. The van der Waals surface area contributed by atoms with Crippen molar-refractivity contribution in [2.75, 3.05) is 19.6 Å². The molecule has 4 nitrogen and oxygen atoms in total. The first kappa shape index (κ1) is 18.2. The number of hydrogen-bond donors (Lipinski definition) is 1. The fraction of sp³-hybridized carbons (Fsp3) is 0.733. The molecule has 2 aliphatic rings. The zero-order valence-corrected chi connectivity index (χ0v) is 15.4. The second-order valence-corrected chi connectivity index (χ2v) is 9.35. The standard InChI is InChI=1S/C15H24N2O2S2.ClH/c1-2-13-5-6-15(20-13)21(18,19)17-10-7-12(8-11-17)14-4-3-9-16-14;/h5-6,12,14,16H,2-4,7-11H2,1H3;1H. The van der Waals surface area contributed by atoms with Gasteiger partial charge >= 0.3 is 0 Å². The average molecular weight is 365 g/mol. The van der Waals surface area contributed by atoms with Crippen LogP contribution in [0, 0.1) is 5.92 Å². The highest BCUT2D eigenvalue weighted by Crippen LogP contribution is 2.31. The molecule has 22 heavy (non-hydrogen) atoms. The molecule has 0 bridgehead atoms. The minimum atomic E-state index is -3.27. The number of piperidine rings is 1. The Bertz CT molecular complexity index is 574. The van der Waals surface area contributed by atoms with Gasteiger partial charge in [-0.05, 0) is 56.7 Å². The van der Waals surface area contributed by atoms with Crippen molar-refractivity contribution in [3.63, 3.8) is 0 Å². The maximum Gasteiger partial charge on any atom is 0.252 e. The maximum atomic E-state index is 12.7. The molecule has 0 aromatic carbocycles. The normalized spacial score (nSPS) is 24.3. The molecule has 1 unspecified atom stereocenters. The van der Waals surface area contributed by atoms with Crippen molar-refractivity contribution < 1.29 is 8.42 Å². The third kappa shape index (κ3) is 3.67. The number of halogens is 1. The molecule has 7 heteroatoms. The fourth-order valence-corrected chi connectivity index (χ4v) is 6.37. The van der Waals surface area contributed by atoms with E-state index in [2.05, 4.69) is 12.2 Å². The van der Waals surface area contributed by atoms with Crippen LogP contribution in [0.15, 0.2) is 16.3 Å². The van der Waals surface area contributed by atoms with Gasteiger partial charge in [0.25, 0.3) is 10.0 Å². The summed E-state index contributed by atoms with van der Waals surface area (Å²) in [6, 6.07) is 4.32. The lowest BCUT2D eigenvalue weighted by Crippen LogP contribution is -2.43. The minimum Gasteiger partial charge on any atom is -0.314 e. The smallest absolute Gasteiger partial charge is 0.252 e. The number of hydrogen-bond acceptors (Lipinski definition) is 4. The molecule has 1 aromatic heterocycles. The molecule has 126 valence electrons. The Morgan fingerprint density at radius 2 is 2.00 bits per heavy atom. The van der Waals surface area contributed by atoms with Crippen molar-refractivity contribution in [1.29, 1.82) is 0 Å². The van der Waals surface area contributed by atoms with Gasteiger partial charge in [0, 0.05) is 24.0 Å². The molecule has 0 saturated carbocycles. The summed E-state index contributed by atoms with van der Waals surface area (Å²) < 4.78 is 27.5. The van der Waals surface area contributed by atoms with E-state index in [0.29, 0.717) is 29.3 Å². The highest BCUT2D eigenvalue weighted by Gasteiger charge is 2.33. The molecule has 3 heterocycles. The maximum absolute atomic E-state index is 12.7. The third-order valence-electron chi connectivity index (χ3n) is 4.75. The van der Waals surface area contributed by atoms with Crippen LogP contribution in [-0.4, -0.2) is 38.4 Å². The van der Waals surface area contributed by atoms with Crippen LogP contribution >= 0.6 is 23.7 Å². The van der Waals surface area contributed by atoms with Crippen LogP contribution in [-0.2, 0) is 16.4 Å². The highest BCUT2D eigenvalue weighted by atomic mass is 35.5. The largest absolute Gasteiger partial charge is 0.314 e. The molecule has 0 radical (unpaired) electrons. The number of sulfonamides is 1. The predicted molar refractivity (Wildman–Crippen MR) is 93.5 cm³/mol. The Hall–Kier alpha value is -0.140. The van der Waals surface area contributed by atoms with E-state index < -0.39 is 10.0 Å². The Kier molecular flexibility index (Phi) is 6.30. The first-order valence-electron chi connectivity index (χ1n) is 7.93. The SMILES string of the molecule is CCc1ccc(S(=O)(=O)N2CCC(C3CCCN3)CC2)s1.Cl. The van der Waals surface area contributed by atoms with Gasteiger partial charge in [0.15, 0.2) is 0 Å². The summed E-state index contributed by atoms with van der Waals surface area (Å²) >= 11 is 1.42. The fourth-order valence-electron chi connectivity index (χ4n) is 3.45. The molecule has 1 aromatic rings. The van der Waals surface area contributed by atoms with Crippen LogP contribution in [0.3, 0.4) is 0 Å². The van der Waals surface area contributed by atoms with Gasteiger partial charge in [-0.3, -0.25) is 0 Å². The van der Waals surface area contributed by atoms with Crippen molar-refractivity contribution in [1.82, 2.24) is 9.62 Å². The molecule has 2 fully saturated rings. The number of nitrogens with zero attached hydrogens (tertiary/aromatic N) is 1. The van der Waals surface area contributed by atoms with Gasteiger partial charge in [0.2, 0.25) is 0 Å². The quantitative estimate of drug-likeness (QED) is 0.893. The van der Waals surface area contributed by atoms with Crippen LogP contribution in [0.5, 0.6) is 0 Å². The Labute approximate surface area is 143 Å². The molecule has 0 spiro atoms. The summed E-state index contributed by atoms with van der Waals surface area (Å²) in [6.07, 6.45) is 5.39. The summed E-state index contributed by atoms with van der Waals surface area (Å²) in [5.74, 6) is 0.647. The second kappa shape index (κ2) is 7.62. The van der Waals surface area contributed by atoms with Gasteiger partial charge in [-0.2, -0.15) is 4.31 Å². The third-order valence-corrected chi connectivity index (χ3v) is 8.34. The van der Waals surface area contributed by atoms with Crippen molar-refractivity contribution in [2.45, 2.75) is 49.3 Å². The van der Waals surface area contributed by atoms with E-state index in [9.17, 15) is 8.42 Å². The predicted octanol–water partition coefficient (Wildman–Crippen LogP) is 2.89. The number of thiophene rings is 1. The summed E-state index contributed by atoms with van der Waals surface area (Å²) in [6.45, 7) is 4.52. The van der Waals surface area contributed by atoms with Crippen molar-refractivity contribution in [3.8, 4) is 0 Å². The van der Waals surface area contributed by atoms with Crippen LogP contribution in [0.2, 0.25) is 0 Å². The van der Waals surface area contributed by atoms with Gasteiger partial charge in [-0.25, -0.2) is 8.42 Å². The zero-order chi connectivity index (χ0) is 14.9. The lowest BCUT2D eigenvalue weighted by Gasteiger charge is -2.33. The van der Waals surface area contributed by atoms with E-state index in [0.717, 1.165) is 30.7 Å².